The van der Waals surface area contributed by atoms with E-state index in [0.717, 1.165) is 12.7 Å². The van der Waals surface area contributed by atoms with Gasteiger partial charge in [0.2, 0.25) is 0 Å². The van der Waals surface area contributed by atoms with Gasteiger partial charge in [-0.3, -0.25) is 0 Å². The molecule has 0 N–H and O–H groups in total. The van der Waals surface area contributed by atoms with E-state index in [0.29, 0.717) is 5.92 Å². The Morgan fingerprint density at radius 1 is 1.47 bits per heavy atom. The fourth-order valence-corrected chi connectivity index (χ4v) is 2.51. The summed E-state index contributed by atoms with van der Waals surface area (Å²) in [6.07, 6.45) is 7.79. The van der Waals surface area contributed by atoms with Crippen molar-refractivity contribution in [2.45, 2.75) is 26.7 Å². The molecule has 0 amide bonds. The Hall–Kier alpha value is -0.630. The largest absolute Gasteiger partial charge is 0.303 e. The Morgan fingerprint density at radius 2 is 2.20 bits per heavy atom. The number of carbonyl (C=O) groups excluding carboxylic acids is 1. The second-order valence-corrected chi connectivity index (χ2v) is 5.57. The second-order valence-electron chi connectivity index (χ2n) is 5.57. The van der Waals surface area contributed by atoms with E-state index in [9.17, 15) is 4.79 Å². The normalized spacial score (nSPS) is 34.8. The fourth-order valence-electron chi connectivity index (χ4n) is 2.51. The van der Waals surface area contributed by atoms with Crippen molar-refractivity contribution in [2.75, 3.05) is 19.6 Å². The van der Waals surface area contributed by atoms with Crippen molar-refractivity contribution in [2.24, 2.45) is 17.3 Å². The first-order valence-electron chi connectivity index (χ1n) is 5.99. The van der Waals surface area contributed by atoms with Crippen LogP contribution in [0.3, 0.4) is 0 Å². The van der Waals surface area contributed by atoms with Crippen molar-refractivity contribution in [1.82, 2.24) is 4.90 Å². The number of hydrogen-bond donors (Lipinski definition) is 0. The zero-order chi connectivity index (χ0) is 10.9. The van der Waals surface area contributed by atoms with E-state index >= 15 is 0 Å². The van der Waals surface area contributed by atoms with Crippen molar-refractivity contribution in [3.05, 3.63) is 12.2 Å². The van der Waals surface area contributed by atoms with Gasteiger partial charge in [0.1, 0.15) is 6.29 Å². The molecule has 0 aromatic carbocycles. The summed E-state index contributed by atoms with van der Waals surface area (Å²) in [6.45, 7) is 8.25. The molecule has 0 radical (unpaired) electrons. The lowest BCUT2D eigenvalue weighted by Crippen LogP contribution is -2.44. The molecule has 0 aromatic rings. The van der Waals surface area contributed by atoms with Crippen molar-refractivity contribution in [3.8, 4) is 0 Å². The molecule has 0 spiro atoms. The number of hydrogen-bond acceptors (Lipinski definition) is 2. The van der Waals surface area contributed by atoms with E-state index in [1.807, 2.05) is 0 Å². The molecule has 2 rings (SSSR count). The second kappa shape index (κ2) is 4.09. The SMILES string of the molecule is CC1(C)C=CC(C=O)CC1CN1CCC1. The molecule has 1 aliphatic carbocycles. The molecule has 0 aromatic heterocycles. The van der Waals surface area contributed by atoms with Crippen LogP contribution in [0, 0.1) is 17.3 Å². The maximum Gasteiger partial charge on any atom is 0.126 e. The Bertz CT molecular complexity index is 266. The van der Waals surface area contributed by atoms with Gasteiger partial charge in [-0.15, -0.1) is 0 Å². The van der Waals surface area contributed by atoms with Crippen LogP contribution < -0.4 is 0 Å². The highest BCUT2D eigenvalue weighted by Gasteiger charge is 2.34. The molecule has 2 heteroatoms. The summed E-state index contributed by atoms with van der Waals surface area (Å²) in [4.78, 5) is 13.3. The third-order valence-corrected chi connectivity index (χ3v) is 3.98. The predicted molar refractivity (Wildman–Crippen MR) is 61.6 cm³/mol. The summed E-state index contributed by atoms with van der Waals surface area (Å²) >= 11 is 0. The van der Waals surface area contributed by atoms with Crippen molar-refractivity contribution >= 4 is 6.29 Å². The molecule has 0 bridgehead atoms. The number of carbonyl (C=O) groups is 1. The predicted octanol–water partition coefficient (Wildman–Crippen LogP) is 2.11. The monoisotopic (exact) mass is 207 g/mol. The average Bonchev–Trinajstić information content (AvgIpc) is 2.13. The first-order chi connectivity index (χ1) is 7.12. The van der Waals surface area contributed by atoms with Gasteiger partial charge >= 0.3 is 0 Å². The molecule has 2 atom stereocenters. The van der Waals surface area contributed by atoms with E-state index in [4.69, 9.17) is 0 Å². The van der Waals surface area contributed by atoms with Gasteiger partial charge in [0.15, 0.2) is 0 Å². The van der Waals surface area contributed by atoms with Crippen LogP contribution in [0.15, 0.2) is 12.2 Å². The number of allylic oxidation sites excluding steroid dienone is 2. The van der Waals surface area contributed by atoms with Crippen molar-refractivity contribution < 1.29 is 4.79 Å². The highest BCUT2D eigenvalue weighted by molar-refractivity contribution is 5.57. The lowest BCUT2D eigenvalue weighted by molar-refractivity contribution is -0.110. The molecule has 1 aliphatic heterocycles. The van der Waals surface area contributed by atoms with Crippen molar-refractivity contribution in [3.63, 3.8) is 0 Å². The average molecular weight is 207 g/mol. The van der Waals surface area contributed by atoms with Crippen LogP contribution in [0.4, 0.5) is 0 Å². The van der Waals surface area contributed by atoms with Crippen LogP contribution in [0.2, 0.25) is 0 Å². The Balaban J connectivity index is 2.00. The quantitative estimate of drug-likeness (QED) is 0.522. The standard InChI is InChI=1S/C13H21NO/c1-13(2)5-4-11(10-15)8-12(13)9-14-6-3-7-14/h4-5,10-12H,3,6-9H2,1-2H3. The number of rotatable bonds is 3. The molecule has 2 nitrogen and oxygen atoms in total. The summed E-state index contributed by atoms with van der Waals surface area (Å²) in [7, 11) is 0. The van der Waals surface area contributed by atoms with Gasteiger partial charge in [0.05, 0.1) is 0 Å². The summed E-state index contributed by atoms with van der Waals surface area (Å²) in [5.74, 6) is 0.794. The maximum absolute atomic E-state index is 10.8. The summed E-state index contributed by atoms with van der Waals surface area (Å²) < 4.78 is 0. The zero-order valence-corrected chi connectivity index (χ0v) is 9.78. The fraction of sp³-hybridized carbons (Fsp3) is 0.769. The maximum atomic E-state index is 10.8. The van der Waals surface area contributed by atoms with E-state index in [1.165, 1.54) is 26.1 Å². The van der Waals surface area contributed by atoms with Gasteiger partial charge in [0.25, 0.3) is 0 Å². The molecule has 1 fully saturated rings. The number of nitrogens with zero attached hydrogens (tertiary/aromatic N) is 1. The molecule has 2 aliphatic rings. The Kier molecular flexibility index (Phi) is 2.96. The number of aldehydes is 1. The van der Waals surface area contributed by atoms with Crippen LogP contribution in [-0.2, 0) is 4.79 Å². The number of likely N-dealkylation sites (tertiary alicyclic amines) is 1. The van der Waals surface area contributed by atoms with Crippen molar-refractivity contribution in [1.29, 1.82) is 0 Å². The zero-order valence-electron chi connectivity index (χ0n) is 9.78. The lowest BCUT2D eigenvalue weighted by atomic mass is 9.70. The topological polar surface area (TPSA) is 20.3 Å². The van der Waals surface area contributed by atoms with Crippen LogP contribution in [0.1, 0.15) is 26.7 Å². The summed E-state index contributed by atoms with van der Waals surface area (Å²) in [5, 5.41) is 0. The third-order valence-electron chi connectivity index (χ3n) is 3.98. The molecule has 1 heterocycles. The summed E-state index contributed by atoms with van der Waals surface area (Å²) in [5.41, 5.74) is 0.259. The molecule has 2 unspecified atom stereocenters. The highest BCUT2D eigenvalue weighted by atomic mass is 16.1. The van der Waals surface area contributed by atoms with Crippen LogP contribution in [0.5, 0.6) is 0 Å². The first-order valence-corrected chi connectivity index (χ1v) is 5.99. The van der Waals surface area contributed by atoms with E-state index in [2.05, 4.69) is 30.9 Å². The van der Waals surface area contributed by atoms with E-state index in [-0.39, 0.29) is 11.3 Å². The molecule has 15 heavy (non-hydrogen) atoms. The van der Waals surface area contributed by atoms with E-state index in [1.54, 1.807) is 0 Å². The highest BCUT2D eigenvalue weighted by Crippen LogP contribution is 2.38. The molecule has 1 saturated heterocycles. The van der Waals surface area contributed by atoms with Gasteiger partial charge in [-0.1, -0.05) is 26.0 Å². The Morgan fingerprint density at radius 3 is 2.73 bits per heavy atom. The molecule has 0 saturated carbocycles. The first kappa shape index (κ1) is 10.9. The van der Waals surface area contributed by atoms with Gasteiger partial charge in [-0.25, -0.2) is 0 Å². The third kappa shape index (κ3) is 2.31. The smallest absolute Gasteiger partial charge is 0.126 e. The minimum absolute atomic E-state index is 0.157. The Labute approximate surface area is 92.3 Å². The van der Waals surface area contributed by atoms with Gasteiger partial charge in [0, 0.05) is 12.5 Å². The van der Waals surface area contributed by atoms with E-state index < -0.39 is 0 Å². The van der Waals surface area contributed by atoms with Gasteiger partial charge in [-0.05, 0) is 37.3 Å². The minimum Gasteiger partial charge on any atom is -0.303 e. The van der Waals surface area contributed by atoms with Crippen LogP contribution >= 0.6 is 0 Å². The molecular weight excluding hydrogens is 186 g/mol. The van der Waals surface area contributed by atoms with Crippen LogP contribution in [0.25, 0.3) is 0 Å². The van der Waals surface area contributed by atoms with Gasteiger partial charge in [-0.2, -0.15) is 0 Å². The van der Waals surface area contributed by atoms with Gasteiger partial charge < -0.3 is 9.69 Å². The molecular formula is C13H21NO. The van der Waals surface area contributed by atoms with Crippen LogP contribution in [-0.4, -0.2) is 30.8 Å². The summed E-state index contributed by atoms with van der Waals surface area (Å²) in [6, 6.07) is 0. The minimum atomic E-state index is 0.157. The molecule has 84 valence electrons. The lowest BCUT2D eigenvalue weighted by Gasteiger charge is -2.42.